The Morgan fingerprint density at radius 1 is 1.43 bits per heavy atom. The minimum Gasteiger partial charge on any atom is -0.374 e. The van der Waals surface area contributed by atoms with Crippen molar-refractivity contribution in [3.05, 3.63) is 24.3 Å². The van der Waals surface area contributed by atoms with Crippen molar-refractivity contribution in [3.63, 3.8) is 0 Å². The van der Waals surface area contributed by atoms with E-state index in [-0.39, 0.29) is 4.90 Å². The fourth-order valence-corrected chi connectivity index (χ4v) is 1.51. The first-order valence-electron chi connectivity index (χ1n) is 3.92. The third kappa shape index (κ3) is 2.99. The Morgan fingerprint density at radius 3 is 2.57 bits per heavy atom. The van der Waals surface area contributed by atoms with Gasteiger partial charge in [0, 0.05) is 5.69 Å². The first kappa shape index (κ1) is 11.0. The van der Waals surface area contributed by atoms with Crippen LogP contribution in [0.15, 0.2) is 29.2 Å². The molecule has 0 fully saturated rings. The zero-order chi connectivity index (χ0) is 10.8. The third-order valence-corrected chi connectivity index (χ3v) is 2.36. The number of benzene rings is 1. The third-order valence-electron chi connectivity index (χ3n) is 1.51. The lowest BCUT2D eigenvalue weighted by Gasteiger charge is -2.09. The number of aliphatic hydroxyl groups is 1. The Labute approximate surface area is 82.1 Å². The highest BCUT2D eigenvalue weighted by atomic mass is 32.2. The monoisotopic (exact) mass is 217 g/mol. The Morgan fingerprint density at radius 2 is 2.07 bits per heavy atom. The molecule has 0 aliphatic rings. The molecule has 0 aliphatic carbocycles. The standard InChI is InChI=1S/C8H11NO4S/c1-6(10)9-7-3-2-4-8(5-7)14(11,12)13/h2-6,9-10H,1H3,(H,11,12,13). The molecule has 78 valence electrons. The smallest absolute Gasteiger partial charge is 0.294 e. The summed E-state index contributed by atoms with van der Waals surface area (Å²) in [6.45, 7) is 1.50. The lowest BCUT2D eigenvalue weighted by Crippen LogP contribution is -2.13. The maximum absolute atomic E-state index is 10.7. The van der Waals surface area contributed by atoms with Gasteiger partial charge in [-0.2, -0.15) is 8.42 Å². The quantitative estimate of drug-likeness (QED) is 0.512. The second-order valence-electron chi connectivity index (χ2n) is 2.82. The van der Waals surface area contributed by atoms with E-state index in [1.54, 1.807) is 6.07 Å². The molecular weight excluding hydrogens is 206 g/mol. The SMILES string of the molecule is CC(O)Nc1cccc(S(=O)(=O)O)c1. The average Bonchev–Trinajstić information content (AvgIpc) is 2.01. The number of hydrogen-bond donors (Lipinski definition) is 3. The molecule has 0 saturated carbocycles. The van der Waals surface area contributed by atoms with Gasteiger partial charge >= 0.3 is 0 Å². The predicted molar refractivity (Wildman–Crippen MR) is 51.6 cm³/mol. The molecular formula is C8H11NO4S. The van der Waals surface area contributed by atoms with Gasteiger partial charge in [-0.25, -0.2) is 0 Å². The minimum atomic E-state index is -4.18. The topological polar surface area (TPSA) is 86.6 Å². The summed E-state index contributed by atoms with van der Waals surface area (Å²) >= 11 is 0. The lowest BCUT2D eigenvalue weighted by molar-refractivity contribution is 0.224. The summed E-state index contributed by atoms with van der Waals surface area (Å²) in [5.41, 5.74) is 0.426. The van der Waals surface area contributed by atoms with Crippen molar-refractivity contribution < 1.29 is 18.1 Å². The molecule has 0 radical (unpaired) electrons. The van der Waals surface area contributed by atoms with Crippen LogP contribution in [0.2, 0.25) is 0 Å². The average molecular weight is 217 g/mol. The van der Waals surface area contributed by atoms with E-state index < -0.39 is 16.3 Å². The van der Waals surface area contributed by atoms with Gasteiger partial charge < -0.3 is 10.4 Å². The van der Waals surface area contributed by atoms with E-state index in [9.17, 15) is 8.42 Å². The molecule has 0 amide bonds. The van der Waals surface area contributed by atoms with Gasteiger partial charge in [-0.3, -0.25) is 4.55 Å². The van der Waals surface area contributed by atoms with Crippen LogP contribution in [0.1, 0.15) is 6.92 Å². The van der Waals surface area contributed by atoms with E-state index >= 15 is 0 Å². The van der Waals surface area contributed by atoms with Gasteiger partial charge in [-0.1, -0.05) is 6.07 Å². The molecule has 1 unspecified atom stereocenters. The Bertz CT molecular complexity index is 413. The molecule has 3 N–H and O–H groups in total. The normalized spacial score (nSPS) is 13.6. The Hall–Kier alpha value is -1.11. The molecule has 5 nitrogen and oxygen atoms in total. The molecule has 14 heavy (non-hydrogen) atoms. The summed E-state index contributed by atoms with van der Waals surface area (Å²) in [7, 11) is -4.18. The van der Waals surface area contributed by atoms with Crippen LogP contribution in [-0.2, 0) is 10.1 Å². The molecule has 0 bridgehead atoms. The van der Waals surface area contributed by atoms with Gasteiger partial charge in [0.1, 0.15) is 6.23 Å². The highest BCUT2D eigenvalue weighted by Crippen LogP contribution is 2.15. The van der Waals surface area contributed by atoms with E-state index in [1.165, 1.54) is 25.1 Å². The van der Waals surface area contributed by atoms with Gasteiger partial charge in [0.05, 0.1) is 4.90 Å². The van der Waals surface area contributed by atoms with Crippen molar-refractivity contribution in [1.29, 1.82) is 0 Å². The zero-order valence-electron chi connectivity index (χ0n) is 7.51. The highest BCUT2D eigenvalue weighted by Gasteiger charge is 2.09. The Kier molecular flexibility index (Phi) is 3.10. The highest BCUT2D eigenvalue weighted by molar-refractivity contribution is 7.85. The molecule has 0 spiro atoms. The van der Waals surface area contributed by atoms with Crippen molar-refractivity contribution in [2.75, 3.05) is 5.32 Å². The van der Waals surface area contributed by atoms with Crippen molar-refractivity contribution in [2.24, 2.45) is 0 Å². The van der Waals surface area contributed by atoms with E-state index in [0.717, 1.165) is 0 Å². The number of anilines is 1. The van der Waals surface area contributed by atoms with E-state index in [4.69, 9.17) is 9.66 Å². The number of nitrogens with one attached hydrogen (secondary N) is 1. The summed E-state index contributed by atoms with van der Waals surface area (Å²) in [5.74, 6) is 0. The summed E-state index contributed by atoms with van der Waals surface area (Å²) < 4.78 is 30.2. The van der Waals surface area contributed by atoms with E-state index in [2.05, 4.69) is 5.32 Å². The molecule has 6 heteroatoms. The maximum atomic E-state index is 10.7. The minimum absolute atomic E-state index is 0.205. The van der Waals surface area contributed by atoms with Gasteiger partial charge in [0.15, 0.2) is 0 Å². The molecule has 0 saturated heterocycles. The first-order valence-corrected chi connectivity index (χ1v) is 5.36. The van der Waals surface area contributed by atoms with Gasteiger partial charge in [0.25, 0.3) is 10.1 Å². The van der Waals surface area contributed by atoms with Crippen molar-refractivity contribution >= 4 is 15.8 Å². The molecule has 0 aliphatic heterocycles. The van der Waals surface area contributed by atoms with Crippen LogP contribution in [0.25, 0.3) is 0 Å². The fraction of sp³-hybridized carbons (Fsp3) is 0.250. The number of hydrogen-bond acceptors (Lipinski definition) is 4. The van der Waals surface area contributed by atoms with E-state index in [0.29, 0.717) is 5.69 Å². The summed E-state index contributed by atoms with van der Waals surface area (Å²) in [6.07, 6.45) is -0.786. The summed E-state index contributed by atoms with van der Waals surface area (Å²) in [4.78, 5) is -0.205. The zero-order valence-corrected chi connectivity index (χ0v) is 8.32. The van der Waals surface area contributed by atoms with Crippen molar-refractivity contribution in [1.82, 2.24) is 0 Å². The Balaban J connectivity index is 3.02. The molecule has 1 atom stereocenters. The van der Waals surface area contributed by atoms with Crippen LogP contribution >= 0.6 is 0 Å². The lowest BCUT2D eigenvalue weighted by atomic mass is 10.3. The van der Waals surface area contributed by atoms with Crippen molar-refractivity contribution in [3.8, 4) is 0 Å². The number of aliphatic hydroxyl groups excluding tert-OH is 1. The van der Waals surface area contributed by atoms with Gasteiger partial charge in [-0.05, 0) is 25.1 Å². The molecule has 0 aromatic heterocycles. The second-order valence-corrected chi connectivity index (χ2v) is 4.24. The van der Waals surface area contributed by atoms with Gasteiger partial charge in [0.2, 0.25) is 0 Å². The van der Waals surface area contributed by atoms with Gasteiger partial charge in [-0.15, -0.1) is 0 Å². The van der Waals surface area contributed by atoms with Crippen LogP contribution in [0.4, 0.5) is 5.69 Å². The second kappa shape index (κ2) is 3.95. The number of rotatable bonds is 3. The maximum Gasteiger partial charge on any atom is 0.294 e. The van der Waals surface area contributed by atoms with Crippen LogP contribution in [-0.4, -0.2) is 24.3 Å². The largest absolute Gasteiger partial charge is 0.374 e. The first-order chi connectivity index (χ1) is 6.39. The van der Waals surface area contributed by atoms with Crippen molar-refractivity contribution in [2.45, 2.75) is 18.0 Å². The summed E-state index contributed by atoms with van der Waals surface area (Å²) in [6, 6.07) is 5.56. The predicted octanol–water partition coefficient (Wildman–Crippen LogP) is 0.683. The van der Waals surface area contributed by atoms with Crippen LogP contribution in [0.3, 0.4) is 0 Å². The van der Waals surface area contributed by atoms with Crippen LogP contribution in [0, 0.1) is 0 Å². The van der Waals surface area contributed by atoms with E-state index in [1.807, 2.05) is 0 Å². The molecule has 1 aromatic rings. The molecule has 1 aromatic carbocycles. The fourth-order valence-electron chi connectivity index (χ4n) is 0.988. The van der Waals surface area contributed by atoms with Crippen LogP contribution in [0.5, 0.6) is 0 Å². The molecule has 1 rings (SSSR count). The summed E-state index contributed by atoms with van der Waals surface area (Å²) in [5, 5.41) is 11.6. The van der Waals surface area contributed by atoms with Crippen LogP contribution < -0.4 is 5.32 Å². The molecule has 0 heterocycles.